The Bertz CT molecular complexity index is 1040. The predicted molar refractivity (Wildman–Crippen MR) is 109 cm³/mol. The number of nitrogens with one attached hydrogen (secondary N) is 2. The van der Waals surface area contributed by atoms with E-state index in [1.807, 2.05) is 0 Å². The van der Waals surface area contributed by atoms with Gasteiger partial charge in [-0.15, -0.1) is 11.3 Å². The van der Waals surface area contributed by atoms with Gasteiger partial charge in [-0.3, -0.25) is 9.59 Å². The molecule has 2 N–H and O–H groups in total. The zero-order valence-corrected chi connectivity index (χ0v) is 16.9. The molecule has 0 aliphatic carbocycles. The normalized spacial score (nSPS) is 10.5. The van der Waals surface area contributed by atoms with E-state index in [0.717, 1.165) is 0 Å². The molecule has 2 amide bonds. The van der Waals surface area contributed by atoms with Crippen LogP contribution in [0.1, 0.15) is 31.4 Å². The van der Waals surface area contributed by atoms with Crippen molar-refractivity contribution in [3.8, 4) is 5.75 Å². The van der Waals surface area contributed by atoms with E-state index in [-0.39, 0.29) is 42.7 Å². The summed E-state index contributed by atoms with van der Waals surface area (Å²) in [5, 5.41) is 7.47. The number of benzene rings is 2. The van der Waals surface area contributed by atoms with E-state index < -0.39 is 11.7 Å². The molecular weight excluding hydrogens is 412 g/mol. The van der Waals surface area contributed by atoms with Gasteiger partial charge in [0.2, 0.25) is 0 Å². The maximum Gasteiger partial charge on any atom is 0.270 e. The number of aryl methyl sites for hydroxylation is 1. The van der Waals surface area contributed by atoms with Gasteiger partial charge in [0.15, 0.2) is 0 Å². The second-order valence-electron chi connectivity index (χ2n) is 6.34. The summed E-state index contributed by atoms with van der Waals surface area (Å²) in [6, 6.07) is 9.86. The summed E-state index contributed by atoms with van der Waals surface area (Å²) in [6.45, 7) is 2.15. The van der Waals surface area contributed by atoms with Crippen LogP contribution in [0, 0.1) is 18.6 Å². The van der Waals surface area contributed by atoms with E-state index >= 15 is 0 Å². The summed E-state index contributed by atoms with van der Waals surface area (Å²) >= 11 is 1.27. The lowest BCUT2D eigenvalue weighted by molar-refractivity contribution is 0.0925. The standard InChI is InChI=1S/C21H19F2N3O3S/c1-13-2-3-14(10-17(13)23)20(27)24-8-9-25-21(28)18-12-30-19(26-18)11-29-16-6-4-15(22)5-7-16/h2-7,10,12H,8-9,11H2,1H3,(H,24,27)(H,25,28). The number of hydrogen-bond acceptors (Lipinski definition) is 5. The highest BCUT2D eigenvalue weighted by Gasteiger charge is 2.12. The van der Waals surface area contributed by atoms with Crippen molar-refractivity contribution in [3.05, 3.63) is 81.3 Å². The molecule has 0 radical (unpaired) electrons. The summed E-state index contributed by atoms with van der Waals surface area (Å²) in [5.41, 5.74) is 0.920. The lowest BCUT2D eigenvalue weighted by Gasteiger charge is -2.07. The van der Waals surface area contributed by atoms with Crippen molar-refractivity contribution < 1.29 is 23.1 Å². The van der Waals surface area contributed by atoms with Crippen LogP contribution in [0.15, 0.2) is 47.8 Å². The third-order valence-electron chi connectivity index (χ3n) is 4.09. The number of carbonyl (C=O) groups is 2. The Labute approximate surface area is 175 Å². The van der Waals surface area contributed by atoms with Crippen molar-refractivity contribution >= 4 is 23.2 Å². The second kappa shape index (κ2) is 9.93. The average molecular weight is 431 g/mol. The second-order valence-corrected chi connectivity index (χ2v) is 7.29. The van der Waals surface area contributed by atoms with E-state index in [2.05, 4.69) is 15.6 Å². The fourth-order valence-electron chi connectivity index (χ4n) is 2.44. The maximum atomic E-state index is 13.5. The summed E-state index contributed by atoms with van der Waals surface area (Å²) in [5.74, 6) is -1.09. The molecule has 3 rings (SSSR count). The molecule has 3 aromatic rings. The minimum atomic E-state index is -0.446. The van der Waals surface area contributed by atoms with Gasteiger partial charge in [-0.05, 0) is 48.9 Å². The quantitative estimate of drug-likeness (QED) is 0.536. The summed E-state index contributed by atoms with van der Waals surface area (Å²) in [4.78, 5) is 28.4. The highest BCUT2D eigenvalue weighted by molar-refractivity contribution is 7.09. The minimum Gasteiger partial charge on any atom is -0.486 e. The van der Waals surface area contributed by atoms with Crippen molar-refractivity contribution in [1.29, 1.82) is 0 Å². The van der Waals surface area contributed by atoms with Crippen LogP contribution in [0.4, 0.5) is 8.78 Å². The fraction of sp³-hybridized carbons (Fsp3) is 0.190. The van der Waals surface area contributed by atoms with Crippen molar-refractivity contribution in [2.45, 2.75) is 13.5 Å². The Balaban J connectivity index is 1.41. The van der Waals surface area contributed by atoms with E-state index in [1.54, 1.807) is 12.3 Å². The first-order chi connectivity index (χ1) is 14.4. The first-order valence-corrected chi connectivity index (χ1v) is 9.95. The van der Waals surface area contributed by atoms with Crippen LogP contribution in [-0.2, 0) is 6.61 Å². The number of ether oxygens (including phenoxy) is 1. The van der Waals surface area contributed by atoms with E-state index in [9.17, 15) is 18.4 Å². The molecule has 6 nitrogen and oxygen atoms in total. The largest absolute Gasteiger partial charge is 0.486 e. The molecule has 0 aliphatic heterocycles. The molecule has 0 saturated carbocycles. The van der Waals surface area contributed by atoms with Gasteiger partial charge in [-0.25, -0.2) is 13.8 Å². The number of hydrogen-bond donors (Lipinski definition) is 2. The van der Waals surface area contributed by atoms with Crippen molar-refractivity contribution in [3.63, 3.8) is 0 Å². The molecule has 0 saturated heterocycles. The summed E-state index contributed by atoms with van der Waals surface area (Å²) in [7, 11) is 0. The van der Waals surface area contributed by atoms with Crippen molar-refractivity contribution in [2.75, 3.05) is 13.1 Å². The topological polar surface area (TPSA) is 80.3 Å². The third-order valence-corrected chi connectivity index (χ3v) is 4.91. The van der Waals surface area contributed by atoms with Crippen LogP contribution in [0.25, 0.3) is 0 Å². The molecule has 0 spiro atoms. The van der Waals surface area contributed by atoms with Gasteiger partial charge in [-0.1, -0.05) is 6.07 Å². The van der Waals surface area contributed by atoms with Gasteiger partial charge >= 0.3 is 0 Å². The average Bonchev–Trinajstić information content (AvgIpc) is 3.21. The number of nitrogens with zero attached hydrogens (tertiary/aromatic N) is 1. The number of aromatic nitrogens is 1. The smallest absolute Gasteiger partial charge is 0.270 e. The van der Waals surface area contributed by atoms with Gasteiger partial charge in [0.05, 0.1) is 0 Å². The molecule has 0 unspecified atom stereocenters. The van der Waals surface area contributed by atoms with Crippen LogP contribution in [0.5, 0.6) is 5.75 Å². The van der Waals surface area contributed by atoms with Crippen LogP contribution < -0.4 is 15.4 Å². The van der Waals surface area contributed by atoms with Gasteiger partial charge in [0.1, 0.15) is 34.7 Å². The van der Waals surface area contributed by atoms with E-state index in [0.29, 0.717) is 16.3 Å². The first-order valence-electron chi connectivity index (χ1n) is 9.07. The van der Waals surface area contributed by atoms with Crippen molar-refractivity contribution in [2.24, 2.45) is 0 Å². The predicted octanol–water partition coefficient (Wildman–Crippen LogP) is 3.47. The fourth-order valence-corrected chi connectivity index (χ4v) is 3.12. The molecule has 30 heavy (non-hydrogen) atoms. The Morgan fingerprint density at radius 1 is 1.03 bits per heavy atom. The highest BCUT2D eigenvalue weighted by Crippen LogP contribution is 2.16. The van der Waals surface area contributed by atoms with E-state index in [1.165, 1.54) is 53.8 Å². The first kappa shape index (κ1) is 21.4. The minimum absolute atomic E-state index is 0.159. The molecule has 1 aromatic heterocycles. The number of halogens is 2. The van der Waals surface area contributed by atoms with Crippen LogP contribution >= 0.6 is 11.3 Å². The molecule has 0 atom stereocenters. The van der Waals surface area contributed by atoms with Crippen LogP contribution in [-0.4, -0.2) is 29.9 Å². The van der Waals surface area contributed by atoms with Gasteiger partial charge in [-0.2, -0.15) is 0 Å². The molecule has 2 aromatic carbocycles. The maximum absolute atomic E-state index is 13.5. The molecule has 1 heterocycles. The van der Waals surface area contributed by atoms with Crippen molar-refractivity contribution in [1.82, 2.24) is 15.6 Å². The molecule has 0 fully saturated rings. The Hall–Kier alpha value is -3.33. The van der Waals surface area contributed by atoms with Crippen LogP contribution in [0.3, 0.4) is 0 Å². The van der Waals surface area contributed by atoms with Gasteiger partial charge in [0.25, 0.3) is 11.8 Å². The zero-order chi connectivity index (χ0) is 21.5. The Kier molecular flexibility index (Phi) is 7.08. The molecular formula is C21H19F2N3O3S. The number of carbonyl (C=O) groups excluding carboxylic acids is 2. The van der Waals surface area contributed by atoms with Gasteiger partial charge < -0.3 is 15.4 Å². The van der Waals surface area contributed by atoms with Crippen LogP contribution in [0.2, 0.25) is 0 Å². The lowest BCUT2D eigenvalue weighted by atomic mass is 10.1. The molecule has 0 bridgehead atoms. The highest BCUT2D eigenvalue weighted by atomic mass is 32.1. The summed E-state index contributed by atoms with van der Waals surface area (Å²) in [6.07, 6.45) is 0. The number of thiazole rings is 1. The van der Waals surface area contributed by atoms with Gasteiger partial charge in [0, 0.05) is 24.0 Å². The van der Waals surface area contributed by atoms with E-state index in [4.69, 9.17) is 4.74 Å². The zero-order valence-electron chi connectivity index (χ0n) is 16.1. The SMILES string of the molecule is Cc1ccc(C(=O)NCCNC(=O)c2csc(COc3ccc(F)cc3)n2)cc1F. The Morgan fingerprint density at radius 2 is 1.73 bits per heavy atom. The third kappa shape index (κ3) is 5.84. The number of amides is 2. The summed E-state index contributed by atoms with van der Waals surface area (Å²) < 4.78 is 31.9. The molecule has 9 heteroatoms. The Morgan fingerprint density at radius 3 is 2.43 bits per heavy atom. The molecule has 156 valence electrons. The lowest BCUT2D eigenvalue weighted by Crippen LogP contribution is -2.34. The number of rotatable bonds is 8. The monoisotopic (exact) mass is 431 g/mol. The molecule has 0 aliphatic rings.